The van der Waals surface area contributed by atoms with Crippen molar-refractivity contribution in [2.75, 3.05) is 43.1 Å². The van der Waals surface area contributed by atoms with Gasteiger partial charge < -0.3 is 25.0 Å². The maximum absolute atomic E-state index is 13.7. The Morgan fingerprint density at radius 3 is 2.56 bits per heavy atom. The normalized spacial score (nSPS) is 29.3. The van der Waals surface area contributed by atoms with Gasteiger partial charge in [-0.2, -0.15) is 0 Å². The Morgan fingerprint density at radius 2 is 1.94 bits per heavy atom. The SMILES string of the molecule is CCOC(=O)[C@@H]1[C@@H]2CCC3(S2)C(C(=O)Nc2ccc(N(CC)CC)cc2)N(CCCO)C(=O)[C@H]13. The van der Waals surface area contributed by atoms with Gasteiger partial charge in [-0.3, -0.25) is 14.4 Å². The lowest BCUT2D eigenvalue weighted by molar-refractivity contribution is -0.153. The Balaban J connectivity index is 1.60. The van der Waals surface area contributed by atoms with Crippen LogP contribution in [0.15, 0.2) is 24.3 Å². The smallest absolute Gasteiger partial charge is 0.310 e. The van der Waals surface area contributed by atoms with Crippen molar-refractivity contribution in [1.82, 2.24) is 4.90 Å². The summed E-state index contributed by atoms with van der Waals surface area (Å²) >= 11 is 1.62. The summed E-state index contributed by atoms with van der Waals surface area (Å²) in [5.41, 5.74) is 1.76. The molecule has 1 aromatic carbocycles. The van der Waals surface area contributed by atoms with Gasteiger partial charge in [-0.05, 0) is 64.3 Å². The molecule has 0 saturated carbocycles. The summed E-state index contributed by atoms with van der Waals surface area (Å²) in [6.07, 6.45) is 1.88. The Kier molecular flexibility index (Phi) is 7.42. The quantitative estimate of drug-likeness (QED) is 0.487. The second-order valence-electron chi connectivity index (χ2n) is 9.13. The number of carbonyl (C=O) groups is 3. The highest BCUT2D eigenvalue weighted by atomic mass is 32.2. The van der Waals surface area contributed by atoms with Crippen LogP contribution in [-0.2, 0) is 19.1 Å². The van der Waals surface area contributed by atoms with Gasteiger partial charge in [-0.25, -0.2) is 0 Å². The molecular weight excluding hydrogens is 454 g/mol. The highest BCUT2D eigenvalue weighted by Gasteiger charge is 2.73. The lowest BCUT2D eigenvalue weighted by Gasteiger charge is -2.34. The highest BCUT2D eigenvalue weighted by Crippen LogP contribution is 2.66. The second-order valence-corrected chi connectivity index (χ2v) is 10.7. The summed E-state index contributed by atoms with van der Waals surface area (Å²) in [6.45, 7) is 8.25. The van der Waals surface area contributed by atoms with Gasteiger partial charge in [0.25, 0.3) is 0 Å². The number of nitrogens with zero attached hydrogens (tertiary/aromatic N) is 2. The molecule has 2 unspecified atom stereocenters. The van der Waals surface area contributed by atoms with Crippen LogP contribution in [0.25, 0.3) is 0 Å². The molecule has 3 aliphatic heterocycles. The van der Waals surface area contributed by atoms with E-state index >= 15 is 0 Å². The third-order valence-corrected chi connectivity index (χ3v) is 9.38. The lowest BCUT2D eigenvalue weighted by atomic mass is 9.71. The van der Waals surface area contributed by atoms with Gasteiger partial charge in [0.2, 0.25) is 11.8 Å². The largest absolute Gasteiger partial charge is 0.466 e. The van der Waals surface area contributed by atoms with Crippen molar-refractivity contribution >= 4 is 40.9 Å². The predicted octanol–water partition coefficient (Wildman–Crippen LogP) is 2.51. The van der Waals surface area contributed by atoms with Crippen LogP contribution in [0.4, 0.5) is 11.4 Å². The number of fused-ring (bicyclic) bond motifs is 1. The molecule has 3 heterocycles. The van der Waals surface area contributed by atoms with E-state index in [1.165, 1.54) is 0 Å². The average molecular weight is 490 g/mol. The number of aliphatic hydroxyl groups is 1. The van der Waals surface area contributed by atoms with E-state index in [9.17, 15) is 19.5 Å². The molecule has 186 valence electrons. The third-order valence-electron chi connectivity index (χ3n) is 7.43. The van der Waals surface area contributed by atoms with E-state index in [0.29, 0.717) is 18.5 Å². The number of likely N-dealkylation sites (tertiary alicyclic amines) is 1. The van der Waals surface area contributed by atoms with E-state index in [4.69, 9.17) is 4.74 Å². The molecule has 0 aliphatic carbocycles. The first kappa shape index (κ1) is 24.9. The zero-order valence-corrected chi connectivity index (χ0v) is 21.0. The van der Waals surface area contributed by atoms with Crippen molar-refractivity contribution in [2.24, 2.45) is 11.8 Å². The van der Waals surface area contributed by atoms with E-state index in [0.717, 1.165) is 25.2 Å². The van der Waals surface area contributed by atoms with Gasteiger partial charge in [0.15, 0.2) is 0 Å². The first-order chi connectivity index (χ1) is 16.4. The Hall–Kier alpha value is -2.26. The van der Waals surface area contributed by atoms with Crippen LogP contribution in [0, 0.1) is 11.8 Å². The lowest BCUT2D eigenvalue weighted by Crippen LogP contribution is -2.51. The minimum absolute atomic E-state index is 0.00311. The van der Waals surface area contributed by atoms with Crippen LogP contribution in [0.3, 0.4) is 0 Å². The number of thioether (sulfide) groups is 1. The number of amides is 2. The van der Waals surface area contributed by atoms with Crippen LogP contribution >= 0.6 is 11.8 Å². The van der Waals surface area contributed by atoms with E-state index in [1.54, 1.807) is 23.6 Å². The number of ether oxygens (including phenoxy) is 1. The zero-order chi connectivity index (χ0) is 24.5. The first-order valence-electron chi connectivity index (χ1n) is 12.3. The molecule has 4 rings (SSSR count). The molecule has 0 radical (unpaired) electrons. The van der Waals surface area contributed by atoms with Gasteiger partial charge in [0.05, 0.1) is 23.2 Å². The maximum Gasteiger partial charge on any atom is 0.310 e. The number of benzene rings is 1. The molecule has 2 amide bonds. The van der Waals surface area contributed by atoms with Crippen LogP contribution in [0.5, 0.6) is 0 Å². The Labute approximate surface area is 205 Å². The molecular formula is C25H35N3O5S. The minimum atomic E-state index is -0.687. The van der Waals surface area contributed by atoms with Crippen LogP contribution < -0.4 is 10.2 Å². The predicted molar refractivity (Wildman–Crippen MR) is 133 cm³/mol. The topological polar surface area (TPSA) is 99.2 Å². The molecule has 8 nitrogen and oxygen atoms in total. The summed E-state index contributed by atoms with van der Waals surface area (Å²) in [7, 11) is 0. The molecule has 3 aliphatic rings. The number of hydrogen-bond donors (Lipinski definition) is 2. The number of hydrogen-bond acceptors (Lipinski definition) is 7. The van der Waals surface area contributed by atoms with Gasteiger partial charge >= 0.3 is 5.97 Å². The summed E-state index contributed by atoms with van der Waals surface area (Å²) < 4.78 is 4.68. The van der Waals surface area contributed by atoms with Crippen molar-refractivity contribution in [3.05, 3.63) is 24.3 Å². The molecule has 9 heteroatoms. The fraction of sp³-hybridized carbons (Fsp3) is 0.640. The molecule has 2 N–H and O–H groups in total. The van der Waals surface area contributed by atoms with E-state index in [1.807, 2.05) is 24.3 Å². The molecule has 3 fully saturated rings. The van der Waals surface area contributed by atoms with Crippen LogP contribution in [0.1, 0.15) is 40.0 Å². The Morgan fingerprint density at radius 1 is 1.24 bits per heavy atom. The van der Waals surface area contributed by atoms with Gasteiger partial charge in [-0.1, -0.05) is 0 Å². The van der Waals surface area contributed by atoms with Crippen molar-refractivity contribution < 1.29 is 24.2 Å². The number of anilines is 2. The van der Waals surface area contributed by atoms with Crippen molar-refractivity contribution in [2.45, 2.75) is 56.1 Å². The van der Waals surface area contributed by atoms with E-state index in [-0.39, 0.29) is 42.8 Å². The van der Waals surface area contributed by atoms with Gasteiger partial charge in [0.1, 0.15) is 6.04 Å². The monoisotopic (exact) mass is 489 g/mol. The standard InChI is InChI=1S/C25H35N3O5S/c1-4-27(5-2)17-10-8-16(9-11-17)26-22(30)21-25-13-12-18(34-25)19(24(32)33-6-3)20(25)23(31)28(21)14-7-15-29/h8-11,18-21,29H,4-7,12-15H2,1-3H3,(H,26,30)/t18-,19+,20-,21?,25?/m0/s1. The summed E-state index contributed by atoms with van der Waals surface area (Å²) in [5, 5.41) is 12.4. The fourth-order valence-electron chi connectivity index (χ4n) is 6.00. The Bertz CT molecular complexity index is 922. The molecule has 1 aromatic rings. The minimum Gasteiger partial charge on any atom is -0.466 e. The number of nitrogens with one attached hydrogen (secondary N) is 1. The van der Waals surface area contributed by atoms with E-state index in [2.05, 4.69) is 24.1 Å². The third kappa shape index (κ3) is 4.06. The number of aliphatic hydroxyl groups excluding tert-OH is 1. The molecule has 0 aromatic heterocycles. The van der Waals surface area contributed by atoms with Crippen LogP contribution in [-0.4, -0.2) is 76.7 Å². The zero-order valence-electron chi connectivity index (χ0n) is 20.2. The molecule has 34 heavy (non-hydrogen) atoms. The number of esters is 1. The number of rotatable bonds is 10. The summed E-state index contributed by atoms with van der Waals surface area (Å²) in [6, 6.07) is 7.06. The van der Waals surface area contributed by atoms with Crippen molar-refractivity contribution in [3.63, 3.8) is 0 Å². The van der Waals surface area contributed by atoms with Gasteiger partial charge in [0, 0.05) is 42.9 Å². The van der Waals surface area contributed by atoms with E-state index < -0.39 is 22.6 Å². The van der Waals surface area contributed by atoms with Crippen molar-refractivity contribution in [1.29, 1.82) is 0 Å². The highest BCUT2D eigenvalue weighted by molar-refractivity contribution is 8.02. The maximum atomic E-state index is 13.7. The molecule has 2 bridgehead atoms. The molecule has 3 saturated heterocycles. The molecule has 1 spiro atoms. The first-order valence-corrected chi connectivity index (χ1v) is 13.2. The van der Waals surface area contributed by atoms with Crippen molar-refractivity contribution in [3.8, 4) is 0 Å². The summed E-state index contributed by atoms with van der Waals surface area (Å²) in [5.74, 6) is -1.82. The van der Waals surface area contributed by atoms with Gasteiger partial charge in [-0.15, -0.1) is 11.8 Å². The second kappa shape index (κ2) is 10.2. The number of carbonyl (C=O) groups excluding carboxylic acids is 3. The van der Waals surface area contributed by atoms with Crippen LogP contribution in [0.2, 0.25) is 0 Å². The average Bonchev–Trinajstić information content (AvgIpc) is 3.47. The fourth-order valence-corrected chi connectivity index (χ4v) is 8.20. The molecule has 5 atom stereocenters. The summed E-state index contributed by atoms with van der Waals surface area (Å²) in [4.78, 5) is 43.9.